The number of nitrogen functional groups attached to an aromatic ring is 1. The standard InChI is InChI=1S/C10H15N3O2/c1-7-6-13(2-3-15-7)10(14)9-4-8(11)5-12-9/h4-5,7,12H,2-3,6,11H2,1H3. The molecule has 1 atom stereocenters. The summed E-state index contributed by atoms with van der Waals surface area (Å²) in [5.41, 5.74) is 6.67. The molecule has 1 aliphatic rings. The van der Waals surface area contributed by atoms with Crippen LogP contribution >= 0.6 is 0 Å². The number of nitrogens with zero attached hydrogens (tertiary/aromatic N) is 1. The lowest BCUT2D eigenvalue weighted by Gasteiger charge is -2.30. The Morgan fingerprint density at radius 3 is 3.13 bits per heavy atom. The minimum Gasteiger partial charge on any atom is -0.397 e. The van der Waals surface area contributed by atoms with Crippen molar-refractivity contribution in [2.45, 2.75) is 13.0 Å². The molecule has 3 N–H and O–H groups in total. The van der Waals surface area contributed by atoms with Crippen molar-refractivity contribution in [2.24, 2.45) is 0 Å². The lowest BCUT2D eigenvalue weighted by Crippen LogP contribution is -2.44. The van der Waals surface area contributed by atoms with Gasteiger partial charge in [0.25, 0.3) is 5.91 Å². The van der Waals surface area contributed by atoms with Crippen molar-refractivity contribution < 1.29 is 9.53 Å². The second kappa shape index (κ2) is 3.94. The first-order chi connectivity index (χ1) is 7.16. The van der Waals surface area contributed by atoms with Crippen LogP contribution in [0, 0.1) is 0 Å². The molecule has 2 rings (SSSR count). The molecule has 82 valence electrons. The van der Waals surface area contributed by atoms with E-state index in [0.717, 1.165) is 0 Å². The number of nitrogens with two attached hydrogens (primary N) is 1. The number of nitrogens with one attached hydrogen (secondary N) is 1. The fraction of sp³-hybridized carbons (Fsp3) is 0.500. The third-order valence-electron chi connectivity index (χ3n) is 2.46. The van der Waals surface area contributed by atoms with Gasteiger partial charge in [-0.15, -0.1) is 0 Å². The maximum Gasteiger partial charge on any atom is 0.270 e. The molecule has 0 aromatic carbocycles. The van der Waals surface area contributed by atoms with Crippen molar-refractivity contribution in [3.8, 4) is 0 Å². The number of aromatic nitrogens is 1. The van der Waals surface area contributed by atoms with E-state index < -0.39 is 0 Å². The number of ether oxygens (including phenoxy) is 1. The molecule has 5 nitrogen and oxygen atoms in total. The smallest absolute Gasteiger partial charge is 0.270 e. The third kappa shape index (κ3) is 2.12. The Hall–Kier alpha value is -1.49. The van der Waals surface area contributed by atoms with Crippen LogP contribution in [0.15, 0.2) is 12.3 Å². The zero-order valence-corrected chi connectivity index (χ0v) is 8.69. The molecular weight excluding hydrogens is 194 g/mol. The van der Waals surface area contributed by atoms with Crippen LogP contribution in [0.3, 0.4) is 0 Å². The second-order valence-corrected chi connectivity index (χ2v) is 3.78. The van der Waals surface area contributed by atoms with Gasteiger partial charge in [-0.25, -0.2) is 0 Å². The lowest BCUT2D eigenvalue weighted by atomic mass is 10.2. The van der Waals surface area contributed by atoms with E-state index in [-0.39, 0.29) is 12.0 Å². The van der Waals surface area contributed by atoms with E-state index in [4.69, 9.17) is 10.5 Å². The van der Waals surface area contributed by atoms with E-state index in [2.05, 4.69) is 4.98 Å². The Balaban J connectivity index is 2.07. The Bertz CT molecular complexity index is 361. The summed E-state index contributed by atoms with van der Waals surface area (Å²) in [5.74, 6) is -0.0122. The molecule has 1 aliphatic heterocycles. The highest BCUT2D eigenvalue weighted by Gasteiger charge is 2.23. The normalized spacial score (nSPS) is 21.7. The molecule has 15 heavy (non-hydrogen) atoms. The quantitative estimate of drug-likeness (QED) is 0.705. The summed E-state index contributed by atoms with van der Waals surface area (Å²) in [4.78, 5) is 16.6. The first-order valence-corrected chi connectivity index (χ1v) is 5.01. The number of H-pyrrole nitrogens is 1. The zero-order chi connectivity index (χ0) is 10.8. The first kappa shape index (κ1) is 10.0. The van der Waals surface area contributed by atoms with Crippen LogP contribution in [0.5, 0.6) is 0 Å². The zero-order valence-electron chi connectivity index (χ0n) is 8.69. The molecule has 1 aromatic heterocycles. The van der Waals surface area contributed by atoms with Crippen molar-refractivity contribution in [3.63, 3.8) is 0 Å². The van der Waals surface area contributed by atoms with Gasteiger partial charge in [0.05, 0.1) is 12.7 Å². The highest BCUT2D eigenvalue weighted by molar-refractivity contribution is 5.93. The van der Waals surface area contributed by atoms with E-state index >= 15 is 0 Å². The topological polar surface area (TPSA) is 71.3 Å². The van der Waals surface area contributed by atoms with E-state index in [9.17, 15) is 4.79 Å². The van der Waals surface area contributed by atoms with E-state index in [1.54, 1.807) is 17.2 Å². The van der Waals surface area contributed by atoms with Crippen molar-refractivity contribution in [1.29, 1.82) is 0 Å². The number of carbonyl (C=O) groups excluding carboxylic acids is 1. The number of morpholine rings is 1. The summed E-state index contributed by atoms with van der Waals surface area (Å²) < 4.78 is 5.37. The third-order valence-corrected chi connectivity index (χ3v) is 2.46. The van der Waals surface area contributed by atoms with Gasteiger partial charge in [0.15, 0.2) is 0 Å². The predicted octanol–water partition coefficient (Wildman–Crippen LogP) is 0.458. The van der Waals surface area contributed by atoms with Crippen LogP contribution in [0.25, 0.3) is 0 Å². The van der Waals surface area contributed by atoms with Gasteiger partial charge >= 0.3 is 0 Å². The molecule has 0 bridgehead atoms. The minimum absolute atomic E-state index is 0.0122. The number of hydrogen-bond donors (Lipinski definition) is 2. The number of anilines is 1. The van der Waals surface area contributed by atoms with Gasteiger partial charge in [0, 0.05) is 25.0 Å². The molecule has 0 radical (unpaired) electrons. The number of hydrogen-bond acceptors (Lipinski definition) is 3. The van der Waals surface area contributed by atoms with E-state index in [0.29, 0.717) is 31.1 Å². The summed E-state index contributed by atoms with van der Waals surface area (Å²) in [6.45, 7) is 3.84. The molecule has 1 amide bonds. The van der Waals surface area contributed by atoms with Crippen molar-refractivity contribution >= 4 is 11.6 Å². The van der Waals surface area contributed by atoms with Crippen LogP contribution < -0.4 is 5.73 Å². The monoisotopic (exact) mass is 209 g/mol. The molecule has 0 spiro atoms. The number of amides is 1. The first-order valence-electron chi connectivity index (χ1n) is 5.01. The molecule has 1 saturated heterocycles. The second-order valence-electron chi connectivity index (χ2n) is 3.78. The van der Waals surface area contributed by atoms with Gasteiger partial charge in [0.2, 0.25) is 0 Å². The summed E-state index contributed by atoms with van der Waals surface area (Å²) in [6.07, 6.45) is 1.73. The Kier molecular flexibility index (Phi) is 2.64. The molecule has 5 heteroatoms. The fourth-order valence-corrected chi connectivity index (χ4v) is 1.71. The largest absolute Gasteiger partial charge is 0.397 e. The predicted molar refractivity (Wildman–Crippen MR) is 56.5 cm³/mol. The van der Waals surface area contributed by atoms with Gasteiger partial charge < -0.3 is 20.4 Å². The van der Waals surface area contributed by atoms with Gasteiger partial charge in [-0.1, -0.05) is 0 Å². The van der Waals surface area contributed by atoms with Crippen LogP contribution in [-0.4, -0.2) is 41.6 Å². The van der Waals surface area contributed by atoms with Crippen molar-refractivity contribution in [2.75, 3.05) is 25.4 Å². The Morgan fingerprint density at radius 1 is 1.73 bits per heavy atom. The maximum absolute atomic E-state index is 11.9. The molecule has 1 aromatic rings. The van der Waals surface area contributed by atoms with Crippen LogP contribution in [0.2, 0.25) is 0 Å². The fourth-order valence-electron chi connectivity index (χ4n) is 1.71. The summed E-state index contributed by atoms with van der Waals surface area (Å²) in [5, 5.41) is 0. The molecule has 2 heterocycles. The van der Waals surface area contributed by atoms with Crippen LogP contribution in [-0.2, 0) is 4.74 Å². The number of aromatic amines is 1. The Labute approximate surface area is 88.2 Å². The highest BCUT2D eigenvalue weighted by atomic mass is 16.5. The summed E-state index contributed by atoms with van der Waals surface area (Å²) >= 11 is 0. The van der Waals surface area contributed by atoms with Gasteiger partial charge in [0.1, 0.15) is 5.69 Å². The molecule has 0 saturated carbocycles. The minimum atomic E-state index is -0.0122. The van der Waals surface area contributed by atoms with Gasteiger partial charge in [-0.3, -0.25) is 4.79 Å². The van der Waals surface area contributed by atoms with Gasteiger partial charge in [-0.05, 0) is 13.0 Å². The summed E-state index contributed by atoms with van der Waals surface area (Å²) in [6, 6.07) is 1.66. The number of carbonyl (C=O) groups is 1. The highest BCUT2D eigenvalue weighted by Crippen LogP contribution is 2.11. The number of rotatable bonds is 1. The lowest BCUT2D eigenvalue weighted by molar-refractivity contribution is -0.0126. The average Bonchev–Trinajstić information content (AvgIpc) is 2.64. The molecule has 1 unspecified atom stereocenters. The van der Waals surface area contributed by atoms with Crippen molar-refractivity contribution in [3.05, 3.63) is 18.0 Å². The SMILES string of the molecule is CC1CN(C(=O)c2cc(N)c[nH]2)CCO1. The van der Waals surface area contributed by atoms with Crippen LogP contribution in [0.1, 0.15) is 17.4 Å². The van der Waals surface area contributed by atoms with Gasteiger partial charge in [-0.2, -0.15) is 0 Å². The van der Waals surface area contributed by atoms with Crippen molar-refractivity contribution in [1.82, 2.24) is 9.88 Å². The maximum atomic E-state index is 11.9. The molecule has 0 aliphatic carbocycles. The van der Waals surface area contributed by atoms with Crippen LogP contribution in [0.4, 0.5) is 5.69 Å². The Morgan fingerprint density at radius 2 is 2.53 bits per heavy atom. The summed E-state index contributed by atoms with van der Waals surface area (Å²) in [7, 11) is 0. The van der Waals surface area contributed by atoms with E-state index in [1.165, 1.54) is 0 Å². The molecule has 1 fully saturated rings. The average molecular weight is 209 g/mol. The van der Waals surface area contributed by atoms with E-state index in [1.807, 2.05) is 6.92 Å². The molecular formula is C10H15N3O2.